The first-order valence-corrected chi connectivity index (χ1v) is 7.81. The van der Waals surface area contributed by atoms with Crippen LogP contribution >= 0.6 is 15.9 Å². The molecule has 6 heteroatoms. The van der Waals surface area contributed by atoms with E-state index in [2.05, 4.69) is 15.9 Å². The quantitative estimate of drug-likeness (QED) is 0.811. The minimum absolute atomic E-state index is 0.177. The fourth-order valence-corrected chi connectivity index (χ4v) is 3.07. The van der Waals surface area contributed by atoms with Gasteiger partial charge < -0.3 is 14.4 Å². The third kappa shape index (κ3) is 2.79. The number of benzene rings is 2. The fraction of sp³-hybridized carbons (Fsp3) is 0.235. The Bertz CT molecular complexity index is 779. The van der Waals surface area contributed by atoms with Gasteiger partial charge in [0.1, 0.15) is 17.3 Å². The van der Waals surface area contributed by atoms with Crippen molar-refractivity contribution < 1.29 is 18.7 Å². The summed E-state index contributed by atoms with van der Waals surface area (Å²) in [6.45, 7) is 0.590. The monoisotopic (exact) mass is 379 g/mol. The topological polar surface area (TPSA) is 38.8 Å². The van der Waals surface area contributed by atoms with E-state index in [1.807, 2.05) is 12.1 Å². The first-order chi connectivity index (χ1) is 11.0. The van der Waals surface area contributed by atoms with Crippen molar-refractivity contribution in [3.8, 4) is 11.5 Å². The van der Waals surface area contributed by atoms with E-state index in [1.165, 1.54) is 0 Å². The van der Waals surface area contributed by atoms with Crippen molar-refractivity contribution in [1.82, 2.24) is 4.90 Å². The molecule has 0 bridgehead atoms. The lowest BCUT2D eigenvalue weighted by atomic mass is 10.1. The molecule has 1 amide bonds. The molecule has 0 aromatic heterocycles. The van der Waals surface area contributed by atoms with Gasteiger partial charge in [0.15, 0.2) is 0 Å². The molecule has 0 atom stereocenters. The first kappa shape index (κ1) is 15.8. The molecule has 0 aliphatic carbocycles. The molecule has 0 N–H and O–H groups in total. The van der Waals surface area contributed by atoms with Crippen LogP contribution in [-0.2, 0) is 13.1 Å². The summed E-state index contributed by atoms with van der Waals surface area (Å²) in [5, 5.41) is 0. The molecular formula is C17H15BrFNO3. The van der Waals surface area contributed by atoms with Crippen LogP contribution < -0.4 is 9.47 Å². The molecule has 1 aliphatic heterocycles. The third-order valence-corrected chi connectivity index (χ3v) is 4.53. The zero-order valence-electron chi connectivity index (χ0n) is 12.7. The Hall–Kier alpha value is -2.08. The standard InChI is InChI=1S/C17H15BrFNO3/c1-22-11-4-3-10(15(7-11)23-2)8-20-9-13-12(17(20)21)5-6-14(18)16(13)19/h3-7H,8-9H2,1-2H3. The molecule has 120 valence electrons. The summed E-state index contributed by atoms with van der Waals surface area (Å²) < 4.78 is 25.1. The van der Waals surface area contributed by atoms with Crippen molar-refractivity contribution >= 4 is 21.8 Å². The fourth-order valence-electron chi connectivity index (χ4n) is 2.70. The number of fused-ring (bicyclic) bond motifs is 1. The van der Waals surface area contributed by atoms with Gasteiger partial charge in [0.2, 0.25) is 0 Å². The maximum atomic E-state index is 14.2. The molecule has 0 fully saturated rings. The molecule has 23 heavy (non-hydrogen) atoms. The summed E-state index contributed by atoms with van der Waals surface area (Å²) in [7, 11) is 3.14. The highest BCUT2D eigenvalue weighted by Crippen LogP contribution is 2.32. The molecule has 1 heterocycles. The number of carbonyl (C=O) groups is 1. The van der Waals surface area contributed by atoms with Crippen molar-refractivity contribution in [1.29, 1.82) is 0 Å². The maximum absolute atomic E-state index is 14.2. The van der Waals surface area contributed by atoms with Crippen molar-refractivity contribution in [2.75, 3.05) is 14.2 Å². The van der Waals surface area contributed by atoms with Crippen LogP contribution in [0.2, 0.25) is 0 Å². The minimum Gasteiger partial charge on any atom is -0.497 e. The van der Waals surface area contributed by atoms with Crippen LogP contribution in [0.15, 0.2) is 34.8 Å². The summed E-state index contributed by atoms with van der Waals surface area (Å²) in [5.41, 5.74) is 1.68. The van der Waals surface area contributed by atoms with E-state index in [9.17, 15) is 9.18 Å². The minimum atomic E-state index is -0.375. The number of hydrogen-bond donors (Lipinski definition) is 0. The van der Waals surface area contributed by atoms with Crippen molar-refractivity contribution in [3.05, 3.63) is 57.3 Å². The average Bonchev–Trinajstić information content (AvgIpc) is 2.88. The SMILES string of the molecule is COc1ccc(CN2Cc3c(ccc(Br)c3F)C2=O)c(OC)c1. The van der Waals surface area contributed by atoms with Gasteiger partial charge in [0.25, 0.3) is 5.91 Å². The van der Waals surface area contributed by atoms with Gasteiger partial charge in [-0.3, -0.25) is 4.79 Å². The molecule has 0 saturated heterocycles. The molecule has 0 saturated carbocycles. The van der Waals surface area contributed by atoms with E-state index in [-0.39, 0.29) is 18.3 Å². The number of methoxy groups -OCH3 is 2. The second kappa shape index (κ2) is 6.20. The van der Waals surface area contributed by atoms with Gasteiger partial charge in [-0.1, -0.05) is 0 Å². The van der Waals surface area contributed by atoms with Gasteiger partial charge in [0, 0.05) is 29.3 Å². The molecule has 2 aromatic carbocycles. The van der Waals surface area contributed by atoms with Crippen molar-refractivity contribution in [2.45, 2.75) is 13.1 Å². The number of carbonyl (C=O) groups excluding carboxylic acids is 1. The van der Waals surface area contributed by atoms with Crippen molar-refractivity contribution in [3.63, 3.8) is 0 Å². The lowest BCUT2D eigenvalue weighted by Gasteiger charge is -2.18. The van der Waals surface area contributed by atoms with Crippen LogP contribution in [0.3, 0.4) is 0 Å². The predicted molar refractivity (Wildman–Crippen MR) is 87.2 cm³/mol. The summed E-state index contributed by atoms with van der Waals surface area (Å²) in [6.07, 6.45) is 0. The zero-order chi connectivity index (χ0) is 16.6. The number of rotatable bonds is 4. The van der Waals surface area contributed by atoms with E-state index >= 15 is 0 Å². The van der Waals surface area contributed by atoms with Crippen LogP contribution in [-0.4, -0.2) is 25.0 Å². The Balaban J connectivity index is 1.88. The Labute approximate surface area is 141 Å². The lowest BCUT2D eigenvalue weighted by molar-refractivity contribution is 0.0765. The highest BCUT2D eigenvalue weighted by molar-refractivity contribution is 9.10. The largest absolute Gasteiger partial charge is 0.497 e. The maximum Gasteiger partial charge on any atom is 0.254 e. The normalized spacial score (nSPS) is 13.2. The molecule has 0 radical (unpaired) electrons. The number of amides is 1. The van der Waals surface area contributed by atoms with Crippen LogP contribution in [0.1, 0.15) is 21.5 Å². The van der Waals surface area contributed by atoms with E-state index in [4.69, 9.17) is 9.47 Å². The molecule has 0 unspecified atom stereocenters. The average molecular weight is 380 g/mol. The van der Waals surface area contributed by atoms with E-state index in [0.29, 0.717) is 33.6 Å². The summed E-state index contributed by atoms with van der Waals surface area (Å²) in [4.78, 5) is 14.1. The van der Waals surface area contributed by atoms with Crippen LogP contribution in [0, 0.1) is 5.82 Å². The van der Waals surface area contributed by atoms with Crippen LogP contribution in [0.5, 0.6) is 11.5 Å². The number of hydrogen-bond acceptors (Lipinski definition) is 3. The zero-order valence-corrected chi connectivity index (χ0v) is 14.3. The van der Waals surface area contributed by atoms with Crippen LogP contribution in [0.25, 0.3) is 0 Å². The Morgan fingerprint density at radius 3 is 2.70 bits per heavy atom. The highest BCUT2D eigenvalue weighted by Gasteiger charge is 2.31. The molecule has 1 aliphatic rings. The van der Waals surface area contributed by atoms with Gasteiger partial charge >= 0.3 is 0 Å². The van der Waals surface area contributed by atoms with E-state index in [0.717, 1.165) is 5.56 Å². The number of nitrogens with zero attached hydrogens (tertiary/aromatic N) is 1. The van der Waals surface area contributed by atoms with Gasteiger partial charge in [-0.25, -0.2) is 4.39 Å². The lowest BCUT2D eigenvalue weighted by Crippen LogP contribution is -2.23. The van der Waals surface area contributed by atoms with Gasteiger partial charge in [0.05, 0.1) is 25.2 Å². The predicted octanol–water partition coefficient (Wildman–Crippen LogP) is 3.76. The Morgan fingerprint density at radius 1 is 1.22 bits per heavy atom. The third-order valence-electron chi connectivity index (χ3n) is 3.92. The van der Waals surface area contributed by atoms with E-state index in [1.54, 1.807) is 37.3 Å². The van der Waals surface area contributed by atoms with Crippen molar-refractivity contribution in [2.24, 2.45) is 0 Å². The van der Waals surface area contributed by atoms with Gasteiger partial charge in [-0.2, -0.15) is 0 Å². The van der Waals surface area contributed by atoms with Gasteiger partial charge in [-0.05, 0) is 40.2 Å². The molecule has 2 aromatic rings. The Kier molecular flexibility index (Phi) is 4.26. The molecular weight excluding hydrogens is 365 g/mol. The van der Waals surface area contributed by atoms with Crippen LogP contribution in [0.4, 0.5) is 4.39 Å². The summed E-state index contributed by atoms with van der Waals surface area (Å²) >= 11 is 3.16. The molecule has 3 rings (SSSR count). The highest BCUT2D eigenvalue weighted by atomic mass is 79.9. The number of ether oxygens (including phenoxy) is 2. The number of halogens is 2. The van der Waals surface area contributed by atoms with Gasteiger partial charge in [-0.15, -0.1) is 0 Å². The second-order valence-corrected chi connectivity index (χ2v) is 6.08. The summed E-state index contributed by atoms with van der Waals surface area (Å²) in [5.74, 6) is 0.760. The van der Waals surface area contributed by atoms with E-state index < -0.39 is 0 Å². The Morgan fingerprint density at radius 2 is 2.00 bits per heavy atom. The molecule has 0 spiro atoms. The smallest absolute Gasteiger partial charge is 0.254 e. The second-order valence-electron chi connectivity index (χ2n) is 5.23. The molecule has 4 nitrogen and oxygen atoms in total. The first-order valence-electron chi connectivity index (χ1n) is 7.02. The summed E-state index contributed by atoms with van der Waals surface area (Å²) in [6, 6.07) is 8.63.